The van der Waals surface area contributed by atoms with E-state index in [0.29, 0.717) is 5.69 Å². The van der Waals surface area contributed by atoms with Crippen molar-refractivity contribution in [3.63, 3.8) is 0 Å². The normalized spacial score (nSPS) is 22.4. The quantitative estimate of drug-likeness (QED) is 0.380. The zero-order valence-electron chi connectivity index (χ0n) is 11.4. The van der Waals surface area contributed by atoms with Gasteiger partial charge in [-0.25, -0.2) is 14.9 Å². The molecular weight excluding hydrogens is 318 g/mol. The van der Waals surface area contributed by atoms with Gasteiger partial charge in [-0.3, -0.25) is 5.21 Å². The maximum absolute atomic E-state index is 13.1. The van der Waals surface area contributed by atoms with Crippen molar-refractivity contribution in [2.75, 3.05) is 5.32 Å². The van der Waals surface area contributed by atoms with Gasteiger partial charge in [-0.1, -0.05) is 24.4 Å². The maximum atomic E-state index is 13.1. The van der Waals surface area contributed by atoms with Crippen LogP contribution in [0.4, 0.5) is 10.1 Å². The van der Waals surface area contributed by atoms with Crippen LogP contribution in [-0.4, -0.2) is 23.3 Å². The average molecular weight is 337 g/mol. The molecule has 0 bridgehead atoms. The topological polar surface area (TPSA) is 82.7 Å². The van der Waals surface area contributed by atoms with Gasteiger partial charge in [-0.05, 0) is 31.0 Å². The molecule has 1 aliphatic rings. The SMILES string of the molecule is Cl.NC1CCCCC1N=C(NO)Nc1ccc(F)c(Cl)c1. The van der Waals surface area contributed by atoms with Crippen LogP contribution in [-0.2, 0) is 0 Å². The van der Waals surface area contributed by atoms with E-state index in [1.54, 1.807) is 0 Å². The largest absolute Gasteiger partial charge is 0.326 e. The van der Waals surface area contributed by atoms with Gasteiger partial charge >= 0.3 is 0 Å². The average Bonchev–Trinajstić information content (AvgIpc) is 2.44. The summed E-state index contributed by atoms with van der Waals surface area (Å²) in [5, 5.41) is 12.0. The van der Waals surface area contributed by atoms with Crippen LogP contribution in [0, 0.1) is 5.82 Å². The lowest BCUT2D eigenvalue weighted by molar-refractivity contribution is 0.232. The van der Waals surface area contributed by atoms with Crippen LogP contribution in [0.1, 0.15) is 25.7 Å². The Morgan fingerprint density at radius 3 is 2.71 bits per heavy atom. The van der Waals surface area contributed by atoms with Crippen LogP contribution in [0.25, 0.3) is 0 Å². The first-order valence-electron chi connectivity index (χ1n) is 6.55. The third-order valence-corrected chi connectivity index (χ3v) is 3.65. The molecule has 118 valence electrons. The Morgan fingerprint density at radius 2 is 2.10 bits per heavy atom. The molecule has 0 saturated heterocycles. The Morgan fingerprint density at radius 1 is 1.38 bits per heavy atom. The molecule has 1 fully saturated rings. The number of hydrogen-bond donors (Lipinski definition) is 4. The van der Waals surface area contributed by atoms with Crippen molar-refractivity contribution in [2.45, 2.75) is 37.8 Å². The molecule has 0 aromatic heterocycles. The number of nitrogens with one attached hydrogen (secondary N) is 2. The number of aliphatic imine (C=N–C) groups is 1. The van der Waals surface area contributed by atoms with Crippen LogP contribution >= 0.6 is 24.0 Å². The van der Waals surface area contributed by atoms with E-state index in [2.05, 4.69) is 10.3 Å². The highest BCUT2D eigenvalue weighted by atomic mass is 35.5. The van der Waals surface area contributed by atoms with Crippen molar-refractivity contribution in [2.24, 2.45) is 10.7 Å². The third-order valence-electron chi connectivity index (χ3n) is 3.36. The summed E-state index contributed by atoms with van der Waals surface area (Å²) >= 11 is 5.70. The number of rotatable bonds is 2. The molecule has 0 amide bonds. The Kier molecular flexibility index (Phi) is 7.17. The molecule has 1 aromatic rings. The fourth-order valence-corrected chi connectivity index (χ4v) is 2.45. The van der Waals surface area contributed by atoms with E-state index >= 15 is 0 Å². The van der Waals surface area contributed by atoms with Crippen LogP contribution in [0.2, 0.25) is 5.02 Å². The molecule has 0 aliphatic heterocycles. The van der Waals surface area contributed by atoms with Crippen molar-refractivity contribution in [3.8, 4) is 0 Å². The van der Waals surface area contributed by atoms with E-state index in [-0.39, 0.29) is 35.5 Å². The van der Waals surface area contributed by atoms with Crippen LogP contribution in [0.3, 0.4) is 0 Å². The highest BCUT2D eigenvalue weighted by molar-refractivity contribution is 6.31. The number of hydroxylamine groups is 1. The molecule has 8 heteroatoms. The summed E-state index contributed by atoms with van der Waals surface area (Å²) in [6.07, 6.45) is 3.99. The van der Waals surface area contributed by atoms with Gasteiger partial charge in [0.15, 0.2) is 0 Å². The minimum atomic E-state index is -0.498. The Balaban J connectivity index is 0.00000220. The molecule has 1 aromatic carbocycles. The molecule has 1 aliphatic carbocycles. The minimum Gasteiger partial charge on any atom is -0.326 e. The van der Waals surface area contributed by atoms with Crippen LogP contribution in [0.15, 0.2) is 23.2 Å². The maximum Gasteiger partial charge on any atom is 0.220 e. The van der Waals surface area contributed by atoms with Gasteiger partial charge in [-0.15, -0.1) is 12.4 Å². The zero-order chi connectivity index (χ0) is 14.5. The lowest BCUT2D eigenvalue weighted by Gasteiger charge is -2.26. The third kappa shape index (κ3) is 5.00. The number of guanidine groups is 1. The molecular formula is C13H19Cl2FN4O. The first-order valence-corrected chi connectivity index (χ1v) is 6.93. The molecule has 0 spiro atoms. The Bertz CT molecular complexity index is 501. The first-order chi connectivity index (χ1) is 9.60. The highest BCUT2D eigenvalue weighted by Crippen LogP contribution is 2.21. The van der Waals surface area contributed by atoms with E-state index in [9.17, 15) is 4.39 Å². The van der Waals surface area contributed by atoms with Gasteiger partial charge < -0.3 is 11.1 Å². The number of halogens is 3. The smallest absolute Gasteiger partial charge is 0.220 e. The summed E-state index contributed by atoms with van der Waals surface area (Å²) in [5.41, 5.74) is 8.53. The molecule has 2 unspecified atom stereocenters. The molecule has 1 saturated carbocycles. The number of nitrogens with zero attached hydrogens (tertiary/aromatic N) is 1. The van der Waals surface area contributed by atoms with Crippen LogP contribution < -0.4 is 16.5 Å². The van der Waals surface area contributed by atoms with E-state index in [1.165, 1.54) is 18.2 Å². The molecule has 0 heterocycles. The van der Waals surface area contributed by atoms with E-state index in [1.807, 2.05) is 5.48 Å². The predicted octanol–water partition coefficient (Wildman–Crippen LogP) is 2.92. The summed E-state index contributed by atoms with van der Waals surface area (Å²) in [4.78, 5) is 4.37. The van der Waals surface area contributed by atoms with Gasteiger partial charge in [0, 0.05) is 11.7 Å². The van der Waals surface area contributed by atoms with Crippen molar-refractivity contribution < 1.29 is 9.60 Å². The summed E-state index contributed by atoms with van der Waals surface area (Å²) in [7, 11) is 0. The van der Waals surface area contributed by atoms with Crippen molar-refractivity contribution in [1.82, 2.24) is 5.48 Å². The van der Waals surface area contributed by atoms with Gasteiger partial charge in [-0.2, -0.15) is 0 Å². The van der Waals surface area contributed by atoms with Crippen molar-refractivity contribution in [3.05, 3.63) is 29.0 Å². The summed E-state index contributed by atoms with van der Waals surface area (Å²) in [5.74, 6) is -0.322. The van der Waals surface area contributed by atoms with Crippen molar-refractivity contribution >= 4 is 35.7 Å². The first kappa shape index (κ1) is 18.0. The molecule has 2 atom stereocenters. The standard InChI is InChI=1S/C13H18ClFN4O.ClH/c14-9-7-8(5-6-10(9)15)17-13(19-20)18-12-4-2-1-3-11(12)16;/h5-7,11-12,20H,1-4,16H2,(H2,17,18,19);1H. The highest BCUT2D eigenvalue weighted by Gasteiger charge is 2.21. The molecule has 5 N–H and O–H groups in total. The molecule has 5 nitrogen and oxygen atoms in total. The number of anilines is 1. The lowest BCUT2D eigenvalue weighted by Crippen LogP contribution is -2.39. The van der Waals surface area contributed by atoms with E-state index in [0.717, 1.165) is 25.7 Å². The number of hydrogen-bond acceptors (Lipinski definition) is 3. The second kappa shape index (κ2) is 8.38. The van der Waals surface area contributed by atoms with Crippen molar-refractivity contribution in [1.29, 1.82) is 0 Å². The lowest BCUT2D eigenvalue weighted by atomic mass is 9.91. The van der Waals surface area contributed by atoms with Gasteiger partial charge in [0.2, 0.25) is 5.96 Å². The van der Waals surface area contributed by atoms with E-state index < -0.39 is 5.82 Å². The molecule has 0 radical (unpaired) electrons. The van der Waals surface area contributed by atoms with E-state index in [4.69, 9.17) is 22.5 Å². The second-order valence-electron chi connectivity index (χ2n) is 4.86. The van der Waals surface area contributed by atoms with Crippen LogP contribution in [0.5, 0.6) is 0 Å². The zero-order valence-corrected chi connectivity index (χ0v) is 12.9. The molecule has 21 heavy (non-hydrogen) atoms. The van der Waals surface area contributed by atoms with Gasteiger partial charge in [0.1, 0.15) is 5.82 Å². The number of benzene rings is 1. The number of nitrogens with two attached hydrogens (primary N) is 1. The fraction of sp³-hybridized carbons (Fsp3) is 0.462. The Hall–Kier alpha value is -1.08. The fourth-order valence-electron chi connectivity index (χ4n) is 2.27. The monoisotopic (exact) mass is 336 g/mol. The summed E-state index contributed by atoms with van der Waals surface area (Å²) < 4.78 is 13.1. The van der Waals surface area contributed by atoms with Gasteiger partial charge in [0.25, 0.3) is 0 Å². The predicted molar refractivity (Wildman–Crippen MR) is 84.9 cm³/mol. The second-order valence-corrected chi connectivity index (χ2v) is 5.27. The van der Waals surface area contributed by atoms with Gasteiger partial charge in [0.05, 0.1) is 11.1 Å². The molecule has 2 rings (SSSR count). The summed E-state index contributed by atoms with van der Waals surface area (Å²) in [6.45, 7) is 0. The summed E-state index contributed by atoms with van der Waals surface area (Å²) in [6, 6.07) is 4.12. The Labute approximate surface area is 134 Å². The minimum absolute atomic E-state index is 0.